The Balaban J connectivity index is 1.79. The monoisotopic (exact) mass is 325 g/mol. The van der Waals surface area contributed by atoms with E-state index in [9.17, 15) is 0 Å². The predicted molar refractivity (Wildman–Crippen MR) is 101 cm³/mol. The maximum absolute atomic E-state index is 5.17. The zero-order valence-corrected chi connectivity index (χ0v) is 14.6. The van der Waals surface area contributed by atoms with Gasteiger partial charge in [-0.3, -0.25) is 0 Å². The van der Waals surface area contributed by atoms with E-state index in [1.54, 1.807) is 7.11 Å². The molecule has 0 heterocycles. The van der Waals surface area contributed by atoms with Crippen molar-refractivity contribution in [3.05, 3.63) is 65.7 Å². The number of guanidine groups is 1. The van der Waals surface area contributed by atoms with Crippen molar-refractivity contribution in [3.8, 4) is 5.75 Å². The number of aryl methyl sites for hydroxylation is 1. The van der Waals surface area contributed by atoms with Gasteiger partial charge in [-0.15, -0.1) is 0 Å². The van der Waals surface area contributed by atoms with Crippen molar-refractivity contribution in [1.82, 2.24) is 10.6 Å². The van der Waals surface area contributed by atoms with Gasteiger partial charge in [0.25, 0.3) is 0 Å². The molecule has 0 aliphatic rings. The Morgan fingerprint density at radius 1 is 0.958 bits per heavy atom. The van der Waals surface area contributed by atoms with E-state index in [0.717, 1.165) is 43.2 Å². The van der Waals surface area contributed by atoms with Crippen LogP contribution in [0.15, 0.2) is 59.6 Å². The molecule has 0 amide bonds. The third-order valence-corrected chi connectivity index (χ3v) is 3.70. The van der Waals surface area contributed by atoms with E-state index in [0.29, 0.717) is 6.54 Å². The maximum atomic E-state index is 5.17. The third kappa shape index (κ3) is 6.32. The lowest BCUT2D eigenvalue weighted by molar-refractivity contribution is 0.414. The number of hydrogen-bond acceptors (Lipinski definition) is 2. The molecular formula is C20H27N3O. The number of benzene rings is 2. The fraction of sp³-hybridized carbons (Fsp3) is 0.350. The Morgan fingerprint density at radius 2 is 1.71 bits per heavy atom. The van der Waals surface area contributed by atoms with Crippen LogP contribution in [0.25, 0.3) is 0 Å². The average Bonchev–Trinajstić information content (AvgIpc) is 2.64. The molecule has 0 atom stereocenters. The molecule has 2 aromatic carbocycles. The molecule has 4 nitrogen and oxygen atoms in total. The minimum Gasteiger partial charge on any atom is -0.497 e. The van der Waals surface area contributed by atoms with Crippen molar-refractivity contribution in [2.75, 3.05) is 20.2 Å². The first-order valence-corrected chi connectivity index (χ1v) is 8.51. The van der Waals surface area contributed by atoms with Gasteiger partial charge in [0.2, 0.25) is 0 Å². The molecule has 24 heavy (non-hydrogen) atoms. The molecule has 128 valence electrons. The van der Waals surface area contributed by atoms with Crippen molar-refractivity contribution in [1.29, 1.82) is 0 Å². The van der Waals surface area contributed by atoms with Gasteiger partial charge in [0, 0.05) is 13.1 Å². The normalized spacial score (nSPS) is 11.2. The zero-order chi connectivity index (χ0) is 17.0. The Hall–Kier alpha value is -2.49. The minimum atomic E-state index is 0.651. The van der Waals surface area contributed by atoms with Gasteiger partial charge >= 0.3 is 0 Å². The Kier molecular flexibility index (Phi) is 7.68. The van der Waals surface area contributed by atoms with Crippen LogP contribution in [0.4, 0.5) is 0 Å². The number of hydrogen-bond donors (Lipinski definition) is 2. The number of nitrogens with one attached hydrogen (secondary N) is 2. The predicted octanol–water partition coefficient (Wildman–Crippen LogP) is 3.38. The molecule has 0 aliphatic heterocycles. The number of ether oxygens (including phenoxy) is 1. The van der Waals surface area contributed by atoms with Crippen LogP contribution >= 0.6 is 0 Å². The highest BCUT2D eigenvalue weighted by Crippen LogP contribution is 2.11. The van der Waals surface area contributed by atoms with Gasteiger partial charge in [-0.2, -0.15) is 0 Å². The largest absolute Gasteiger partial charge is 0.497 e. The summed E-state index contributed by atoms with van der Waals surface area (Å²) in [7, 11) is 1.68. The summed E-state index contributed by atoms with van der Waals surface area (Å²) in [5.41, 5.74) is 2.54. The molecule has 4 heteroatoms. The van der Waals surface area contributed by atoms with Crippen molar-refractivity contribution in [3.63, 3.8) is 0 Å². The van der Waals surface area contributed by atoms with Gasteiger partial charge < -0.3 is 15.4 Å². The van der Waals surface area contributed by atoms with Gasteiger partial charge in [0.15, 0.2) is 5.96 Å². The van der Waals surface area contributed by atoms with E-state index in [4.69, 9.17) is 4.74 Å². The van der Waals surface area contributed by atoms with E-state index >= 15 is 0 Å². The summed E-state index contributed by atoms with van der Waals surface area (Å²) in [6, 6.07) is 18.6. The second-order valence-corrected chi connectivity index (χ2v) is 5.56. The average molecular weight is 325 g/mol. The molecule has 0 aliphatic carbocycles. The second-order valence-electron chi connectivity index (χ2n) is 5.56. The van der Waals surface area contributed by atoms with Crippen LogP contribution < -0.4 is 15.4 Å². The fourth-order valence-corrected chi connectivity index (χ4v) is 2.39. The molecule has 0 aromatic heterocycles. The topological polar surface area (TPSA) is 45.7 Å². The molecule has 0 unspecified atom stereocenters. The fourth-order valence-electron chi connectivity index (χ4n) is 2.39. The van der Waals surface area contributed by atoms with Crippen LogP contribution in [0.2, 0.25) is 0 Å². The van der Waals surface area contributed by atoms with E-state index in [1.807, 2.05) is 24.3 Å². The standard InChI is InChI=1S/C20H27N3O/c1-3-21-20(22-15-7-10-17-8-5-4-6-9-17)23-16-18-11-13-19(24-2)14-12-18/h4-6,8-9,11-14H,3,7,10,15-16H2,1-2H3,(H2,21,22,23). The Morgan fingerprint density at radius 3 is 2.38 bits per heavy atom. The summed E-state index contributed by atoms with van der Waals surface area (Å²) < 4.78 is 5.17. The number of rotatable bonds is 8. The summed E-state index contributed by atoms with van der Waals surface area (Å²) in [6.45, 7) is 4.49. The number of aliphatic imine (C=N–C) groups is 1. The third-order valence-electron chi connectivity index (χ3n) is 3.70. The first kappa shape index (κ1) is 17.9. The first-order valence-electron chi connectivity index (χ1n) is 8.51. The first-order chi connectivity index (χ1) is 11.8. The summed E-state index contributed by atoms with van der Waals surface area (Å²) in [5.74, 6) is 1.73. The molecule has 2 aromatic rings. The molecule has 2 rings (SSSR count). The Bertz CT molecular complexity index is 609. The number of nitrogens with zero attached hydrogens (tertiary/aromatic N) is 1. The summed E-state index contributed by atoms with van der Waals surface area (Å²) in [4.78, 5) is 4.64. The highest BCUT2D eigenvalue weighted by atomic mass is 16.5. The molecule has 0 fully saturated rings. The second kappa shape index (κ2) is 10.3. The van der Waals surface area contributed by atoms with Crippen molar-refractivity contribution >= 4 is 5.96 Å². The summed E-state index contributed by atoms with van der Waals surface area (Å²) in [6.07, 6.45) is 2.16. The van der Waals surface area contributed by atoms with Crippen molar-refractivity contribution in [2.24, 2.45) is 4.99 Å². The van der Waals surface area contributed by atoms with Crippen LogP contribution in [-0.4, -0.2) is 26.2 Å². The van der Waals surface area contributed by atoms with Crippen molar-refractivity contribution < 1.29 is 4.74 Å². The van der Waals surface area contributed by atoms with Crippen LogP contribution in [0.3, 0.4) is 0 Å². The van der Waals surface area contributed by atoms with Crippen molar-refractivity contribution in [2.45, 2.75) is 26.3 Å². The van der Waals surface area contributed by atoms with Crippen LogP contribution in [-0.2, 0) is 13.0 Å². The highest BCUT2D eigenvalue weighted by Gasteiger charge is 1.99. The molecule has 0 saturated carbocycles. The minimum absolute atomic E-state index is 0.651. The summed E-state index contributed by atoms with van der Waals surface area (Å²) >= 11 is 0. The lowest BCUT2D eigenvalue weighted by Gasteiger charge is -2.11. The smallest absolute Gasteiger partial charge is 0.191 e. The van der Waals surface area contributed by atoms with E-state index in [2.05, 4.69) is 52.9 Å². The van der Waals surface area contributed by atoms with E-state index < -0.39 is 0 Å². The van der Waals surface area contributed by atoms with Crippen LogP contribution in [0.5, 0.6) is 5.75 Å². The molecule has 0 spiro atoms. The SMILES string of the molecule is CCNC(=NCc1ccc(OC)cc1)NCCCc1ccccc1. The Labute approximate surface area is 145 Å². The van der Waals surface area contributed by atoms with Crippen LogP contribution in [0, 0.1) is 0 Å². The van der Waals surface area contributed by atoms with Gasteiger partial charge in [-0.05, 0) is 43.0 Å². The quantitative estimate of drug-likeness (QED) is 0.444. The molecular weight excluding hydrogens is 298 g/mol. The van der Waals surface area contributed by atoms with E-state index in [-0.39, 0.29) is 0 Å². The summed E-state index contributed by atoms with van der Waals surface area (Å²) in [5, 5.41) is 6.69. The zero-order valence-electron chi connectivity index (χ0n) is 14.6. The molecule has 0 bridgehead atoms. The molecule has 2 N–H and O–H groups in total. The van der Waals surface area contributed by atoms with Gasteiger partial charge in [0.1, 0.15) is 5.75 Å². The van der Waals surface area contributed by atoms with Gasteiger partial charge in [0.05, 0.1) is 13.7 Å². The lowest BCUT2D eigenvalue weighted by Crippen LogP contribution is -2.37. The van der Waals surface area contributed by atoms with Gasteiger partial charge in [-0.25, -0.2) is 4.99 Å². The van der Waals surface area contributed by atoms with Crippen LogP contribution in [0.1, 0.15) is 24.5 Å². The number of methoxy groups -OCH3 is 1. The maximum Gasteiger partial charge on any atom is 0.191 e. The molecule has 0 radical (unpaired) electrons. The molecule has 0 saturated heterocycles. The van der Waals surface area contributed by atoms with Gasteiger partial charge in [-0.1, -0.05) is 42.5 Å². The van der Waals surface area contributed by atoms with E-state index in [1.165, 1.54) is 5.56 Å². The lowest BCUT2D eigenvalue weighted by atomic mass is 10.1. The highest BCUT2D eigenvalue weighted by molar-refractivity contribution is 5.79.